The molecule has 108 valence electrons. The molecule has 1 fully saturated rings. The van der Waals surface area contributed by atoms with Crippen molar-refractivity contribution >= 4 is 0 Å². The van der Waals surface area contributed by atoms with E-state index >= 15 is 0 Å². The Balaban J connectivity index is 2.44. The van der Waals surface area contributed by atoms with Crippen molar-refractivity contribution in [2.75, 3.05) is 6.54 Å². The number of alkyl halides is 7. The van der Waals surface area contributed by atoms with Gasteiger partial charge >= 0.3 is 18.5 Å². The van der Waals surface area contributed by atoms with Crippen LogP contribution in [0.2, 0.25) is 0 Å². The van der Waals surface area contributed by atoms with Crippen LogP contribution in [-0.2, 0) is 0 Å². The zero-order valence-corrected chi connectivity index (χ0v) is 9.41. The van der Waals surface area contributed by atoms with E-state index in [-0.39, 0.29) is 19.3 Å². The summed E-state index contributed by atoms with van der Waals surface area (Å²) in [7, 11) is 0. The van der Waals surface area contributed by atoms with Gasteiger partial charge in [0, 0.05) is 6.04 Å². The van der Waals surface area contributed by atoms with Crippen molar-refractivity contribution in [3.8, 4) is 0 Å². The van der Waals surface area contributed by atoms with E-state index in [0.717, 1.165) is 0 Å². The van der Waals surface area contributed by atoms with Gasteiger partial charge in [0.1, 0.15) is 0 Å². The number of hydrogen-bond acceptors (Lipinski definition) is 1. The Hall–Kier alpha value is -0.530. The second-order valence-corrected chi connectivity index (χ2v) is 4.54. The van der Waals surface area contributed by atoms with Gasteiger partial charge in [-0.15, -0.1) is 0 Å². The number of halogens is 7. The van der Waals surface area contributed by atoms with Crippen LogP contribution < -0.4 is 5.32 Å². The van der Waals surface area contributed by atoms with E-state index in [2.05, 4.69) is 5.32 Å². The fraction of sp³-hybridized carbons (Fsp3) is 1.00. The number of rotatable bonds is 4. The van der Waals surface area contributed by atoms with E-state index in [9.17, 15) is 30.7 Å². The van der Waals surface area contributed by atoms with Gasteiger partial charge in [-0.2, -0.15) is 22.0 Å². The molecule has 0 spiro atoms. The highest BCUT2D eigenvalue weighted by Gasteiger charge is 2.44. The molecular weight excluding hydrogens is 267 g/mol. The quantitative estimate of drug-likeness (QED) is 0.776. The summed E-state index contributed by atoms with van der Waals surface area (Å²) in [6.45, 7) is -1.29. The van der Waals surface area contributed by atoms with Gasteiger partial charge in [0.15, 0.2) is 0 Å². The lowest BCUT2D eigenvalue weighted by molar-refractivity contribution is -0.184. The van der Waals surface area contributed by atoms with E-state index in [1.165, 1.54) is 0 Å². The average Bonchev–Trinajstić information content (AvgIpc) is 2.25. The first kappa shape index (κ1) is 15.5. The summed E-state index contributed by atoms with van der Waals surface area (Å²) in [6.07, 6.45) is -7.98. The molecular formula is C10H14F7N. The van der Waals surface area contributed by atoms with Crippen LogP contribution in [0.5, 0.6) is 0 Å². The van der Waals surface area contributed by atoms with Gasteiger partial charge in [-0.1, -0.05) is 6.42 Å². The van der Waals surface area contributed by atoms with Crippen LogP contribution in [-0.4, -0.2) is 31.1 Å². The molecule has 1 nitrogen and oxygen atoms in total. The third-order valence-electron chi connectivity index (χ3n) is 3.08. The van der Waals surface area contributed by atoms with Crippen molar-refractivity contribution in [2.24, 2.45) is 5.92 Å². The largest absolute Gasteiger partial charge is 0.391 e. The van der Waals surface area contributed by atoms with Gasteiger partial charge in [0.25, 0.3) is 0 Å². The summed E-state index contributed by atoms with van der Waals surface area (Å²) in [5.41, 5.74) is 0. The van der Waals surface area contributed by atoms with Crippen LogP contribution in [0.3, 0.4) is 0 Å². The maximum absolute atomic E-state index is 12.6. The predicted octanol–water partition coefficient (Wildman–Crippen LogP) is 3.60. The normalized spacial score (nSPS) is 26.7. The summed E-state index contributed by atoms with van der Waals surface area (Å²) >= 11 is 0. The predicted molar refractivity (Wildman–Crippen MR) is 50.8 cm³/mol. The molecule has 0 aromatic carbocycles. The van der Waals surface area contributed by atoms with Gasteiger partial charge in [-0.25, -0.2) is 8.78 Å². The zero-order chi connectivity index (χ0) is 14.0. The fourth-order valence-electron chi connectivity index (χ4n) is 2.03. The Bertz CT molecular complexity index is 263. The first-order chi connectivity index (χ1) is 8.13. The lowest BCUT2D eigenvalue weighted by atomic mass is 9.85. The molecule has 0 bridgehead atoms. The molecule has 0 amide bonds. The molecule has 2 atom stereocenters. The molecule has 2 unspecified atom stereocenters. The van der Waals surface area contributed by atoms with E-state index in [0.29, 0.717) is 6.42 Å². The first-order valence-corrected chi connectivity index (χ1v) is 5.59. The van der Waals surface area contributed by atoms with Crippen molar-refractivity contribution in [2.45, 2.75) is 50.2 Å². The molecule has 8 heteroatoms. The molecule has 1 aliphatic carbocycles. The summed E-state index contributed by atoms with van der Waals surface area (Å²) in [6, 6.07) is -0.782. The third-order valence-corrected chi connectivity index (χ3v) is 3.08. The van der Waals surface area contributed by atoms with Crippen molar-refractivity contribution in [3.63, 3.8) is 0 Å². The Labute approximate surface area is 99.7 Å². The topological polar surface area (TPSA) is 12.0 Å². The average molecular weight is 281 g/mol. The lowest BCUT2D eigenvalue weighted by Crippen LogP contribution is -2.46. The second-order valence-electron chi connectivity index (χ2n) is 4.54. The molecule has 0 aromatic rings. The summed E-state index contributed by atoms with van der Waals surface area (Å²) in [5.74, 6) is -5.74. The minimum Gasteiger partial charge on any atom is -0.308 e. The van der Waals surface area contributed by atoms with E-state index in [1.807, 2.05) is 0 Å². The first-order valence-electron chi connectivity index (χ1n) is 5.59. The van der Waals surface area contributed by atoms with Crippen LogP contribution in [0.4, 0.5) is 30.7 Å². The molecule has 1 N–H and O–H groups in total. The van der Waals surface area contributed by atoms with Gasteiger partial charge in [-0.05, 0) is 19.3 Å². The molecule has 0 radical (unpaired) electrons. The molecule has 0 saturated heterocycles. The molecule has 0 aliphatic heterocycles. The van der Waals surface area contributed by atoms with Crippen molar-refractivity contribution in [3.05, 3.63) is 0 Å². The maximum Gasteiger partial charge on any atom is 0.391 e. The molecule has 18 heavy (non-hydrogen) atoms. The lowest BCUT2D eigenvalue weighted by Gasteiger charge is -2.32. The molecule has 1 rings (SSSR count). The van der Waals surface area contributed by atoms with Crippen molar-refractivity contribution in [1.29, 1.82) is 0 Å². The minimum atomic E-state index is -4.36. The smallest absolute Gasteiger partial charge is 0.308 e. The molecule has 1 aliphatic rings. The molecule has 0 aromatic heterocycles. The van der Waals surface area contributed by atoms with Crippen LogP contribution in [0.15, 0.2) is 0 Å². The minimum absolute atomic E-state index is 0.0348. The summed E-state index contributed by atoms with van der Waals surface area (Å²) in [5, 5.41) is 2.12. The number of hydrogen-bond donors (Lipinski definition) is 1. The summed E-state index contributed by atoms with van der Waals surface area (Å²) < 4.78 is 86.2. The highest BCUT2D eigenvalue weighted by atomic mass is 19.4. The monoisotopic (exact) mass is 281 g/mol. The van der Waals surface area contributed by atoms with Gasteiger partial charge in [-0.3, -0.25) is 0 Å². The second kappa shape index (κ2) is 5.63. The Morgan fingerprint density at radius 3 is 2.17 bits per heavy atom. The zero-order valence-electron chi connectivity index (χ0n) is 9.41. The van der Waals surface area contributed by atoms with E-state index < -0.39 is 37.0 Å². The number of nitrogens with one attached hydrogen (secondary N) is 1. The Morgan fingerprint density at radius 1 is 1.06 bits per heavy atom. The van der Waals surface area contributed by atoms with Crippen LogP contribution in [0.25, 0.3) is 0 Å². The standard InChI is InChI=1S/C10H14F7N/c11-8(12)9(13,14)5-18-7-3-1-2-6(4-7)10(15,16)17/h6-8,18H,1-5H2. The van der Waals surface area contributed by atoms with Crippen molar-refractivity contribution < 1.29 is 30.7 Å². The maximum atomic E-state index is 12.6. The van der Waals surface area contributed by atoms with Crippen LogP contribution >= 0.6 is 0 Å². The Morgan fingerprint density at radius 2 is 1.67 bits per heavy atom. The molecule has 1 saturated carbocycles. The highest BCUT2D eigenvalue weighted by Crippen LogP contribution is 2.37. The van der Waals surface area contributed by atoms with Gasteiger partial charge in [0.2, 0.25) is 0 Å². The van der Waals surface area contributed by atoms with E-state index in [4.69, 9.17) is 0 Å². The van der Waals surface area contributed by atoms with Crippen LogP contribution in [0, 0.1) is 5.92 Å². The highest BCUT2D eigenvalue weighted by molar-refractivity contribution is 4.84. The molecule has 0 heterocycles. The van der Waals surface area contributed by atoms with Crippen molar-refractivity contribution in [1.82, 2.24) is 5.32 Å². The Kier molecular flexibility index (Phi) is 4.85. The fourth-order valence-corrected chi connectivity index (χ4v) is 2.03. The van der Waals surface area contributed by atoms with E-state index in [1.54, 1.807) is 0 Å². The summed E-state index contributed by atoms with van der Waals surface area (Å²) in [4.78, 5) is 0. The third kappa shape index (κ3) is 4.29. The van der Waals surface area contributed by atoms with Crippen LogP contribution in [0.1, 0.15) is 25.7 Å². The SMILES string of the molecule is FC(F)C(F)(F)CNC1CCCC(C(F)(F)F)C1. The van der Waals surface area contributed by atoms with Gasteiger partial charge in [0.05, 0.1) is 12.5 Å². The van der Waals surface area contributed by atoms with Gasteiger partial charge < -0.3 is 5.32 Å².